The molecule has 0 unspecified atom stereocenters. The Balaban J connectivity index is 3.03. The molecule has 18 heavy (non-hydrogen) atoms. The van der Waals surface area contributed by atoms with Gasteiger partial charge in [-0.3, -0.25) is 0 Å². The van der Waals surface area contributed by atoms with Crippen molar-refractivity contribution in [2.45, 2.75) is 26.2 Å². The first-order valence-corrected chi connectivity index (χ1v) is 5.61. The minimum absolute atomic E-state index is 0.0354. The number of carbonyl (C=O) groups is 1. The van der Waals surface area contributed by atoms with Crippen molar-refractivity contribution in [3.8, 4) is 5.75 Å². The molecule has 5 nitrogen and oxygen atoms in total. The fraction of sp³-hybridized carbons (Fsp3) is 0.385. The molecule has 0 bridgehead atoms. The van der Waals surface area contributed by atoms with E-state index in [1.807, 2.05) is 18.2 Å². The summed E-state index contributed by atoms with van der Waals surface area (Å²) in [5.41, 5.74) is 8.99. The Labute approximate surface area is 107 Å². The van der Waals surface area contributed by atoms with Crippen molar-refractivity contribution in [2.24, 2.45) is 10.8 Å². The van der Waals surface area contributed by atoms with Gasteiger partial charge in [-0.15, -0.1) is 0 Å². The molecule has 2 amide bonds. The van der Waals surface area contributed by atoms with Crippen LogP contribution < -0.4 is 15.9 Å². The first-order valence-electron chi connectivity index (χ1n) is 5.61. The van der Waals surface area contributed by atoms with Gasteiger partial charge in [-0.1, -0.05) is 20.8 Å². The highest BCUT2D eigenvalue weighted by atomic mass is 16.5. The summed E-state index contributed by atoms with van der Waals surface area (Å²) in [6, 6.07) is 5.04. The molecule has 0 aliphatic heterocycles. The van der Waals surface area contributed by atoms with Crippen LogP contribution in [0.25, 0.3) is 0 Å². The van der Waals surface area contributed by atoms with E-state index in [4.69, 9.17) is 10.5 Å². The highest BCUT2D eigenvalue weighted by Gasteiger charge is 2.18. The van der Waals surface area contributed by atoms with E-state index < -0.39 is 6.03 Å². The van der Waals surface area contributed by atoms with Gasteiger partial charge in [0.2, 0.25) is 0 Å². The third-order valence-corrected chi connectivity index (χ3v) is 2.42. The van der Waals surface area contributed by atoms with Crippen molar-refractivity contribution in [3.05, 3.63) is 29.3 Å². The zero-order valence-electron chi connectivity index (χ0n) is 11.2. The lowest BCUT2D eigenvalue weighted by Crippen LogP contribution is -2.24. The predicted octanol–water partition coefficient (Wildman–Crippen LogP) is 1.99. The Kier molecular flexibility index (Phi) is 4.31. The summed E-state index contributed by atoms with van der Waals surface area (Å²) in [4.78, 5) is 10.5. The standard InChI is InChI=1S/C13H19N3O2/c1-13(2,3)10-7-9(5-6-11(10)18-4)8-15-16-12(14)17/h5-8H,1-4H3,(H3,14,16,17). The second-order valence-corrected chi connectivity index (χ2v) is 4.94. The smallest absolute Gasteiger partial charge is 0.332 e. The van der Waals surface area contributed by atoms with Gasteiger partial charge in [-0.2, -0.15) is 5.10 Å². The molecule has 0 saturated carbocycles. The summed E-state index contributed by atoms with van der Waals surface area (Å²) in [6.07, 6.45) is 1.54. The number of nitrogens with two attached hydrogens (primary N) is 1. The van der Waals surface area contributed by atoms with Crippen molar-refractivity contribution >= 4 is 12.2 Å². The van der Waals surface area contributed by atoms with Gasteiger partial charge in [0.25, 0.3) is 0 Å². The summed E-state index contributed by atoms with van der Waals surface area (Å²) >= 11 is 0. The van der Waals surface area contributed by atoms with Crippen LogP contribution in [0, 0.1) is 0 Å². The van der Waals surface area contributed by atoms with Crippen LogP contribution >= 0.6 is 0 Å². The summed E-state index contributed by atoms with van der Waals surface area (Å²) in [7, 11) is 1.65. The first-order chi connectivity index (χ1) is 8.34. The molecule has 1 aromatic carbocycles. The average molecular weight is 249 g/mol. The number of ether oxygens (including phenoxy) is 1. The molecule has 3 N–H and O–H groups in total. The summed E-state index contributed by atoms with van der Waals surface area (Å²) in [6.45, 7) is 6.31. The maximum atomic E-state index is 10.5. The van der Waals surface area contributed by atoms with E-state index in [9.17, 15) is 4.79 Å². The molecule has 0 fully saturated rings. The SMILES string of the molecule is COc1ccc(C=NNC(N)=O)cc1C(C)(C)C. The van der Waals surface area contributed by atoms with Crippen LogP contribution in [-0.2, 0) is 5.41 Å². The van der Waals surface area contributed by atoms with Crippen LogP contribution in [0.3, 0.4) is 0 Å². The molecule has 0 radical (unpaired) electrons. The van der Waals surface area contributed by atoms with Crippen molar-refractivity contribution in [1.82, 2.24) is 5.43 Å². The molecule has 1 rings (SSSR count). The van der Waals surface area contributed by atoms with Crippen LogP contribution in [0.2, 0.25) is 0 Å². The summed E-state index contributed by atoms with van der Waals surface area (Å²) < 4.78 is 5.34. The number of hydrogen-bond acceptors (Lipinski definition) is 3. The topological polar surface area (TPSA) is 76.7 Å². The summed E-state index contributed by atoms with van der Waals surface area (Å²) in [5, 5.41) is 3.73. The zero-order chi connectivity index (χ0) is 13.8. The second kappa shape index (κ2) is 5.53. The van der Waals surface area contributed by atoms with E-state index in [-0.39, 0.29) is 5.41 Å². The molecule has 0 aliphatic rings. The molecule has 0 spiro atoms. The Hall–Kier alpha value is -2.04. The Bertz CT molecular complexity index is 462. The van der Waals surface area contributed by atoms with Crippen molar-refractivity contribution in [2.75, 3.05) is 7.11 Å². The first kappa shape index (κ1) is 14.0. The lowest BCUT2D eigenvalue weighted by molar-refractivity contribution is 0.249. The van der Waals surface area contributed by atoms with Crippen LogP contribution in [0.15, 0.2) is 23.3 Å². The number of methoxy groups -OCH3 is 1. The lowest BCUT2D eigenvalue weighted by Gasteiger charge is -2.22. The molecule has 5 heteroatoms. The Morgan fingerprint density at radius 3 is 2.61 bits per heavy atom. The molecule has 98 valence electrons. The van der Waals surface area contributed by atoms with Gasteiger partial charge in [0.15, 0.2) is 0 Å². The second-order valence-electron chi connectivity index (χ2n) is 4.94. The largest absolute Gasteiger partial charge is 0.496 e. The molecule has 0 heterocycles. The average Bonchev–Trinajstić information content (AvgIpc) is 2.27. The number of nitrogens with one attached hydrogen (secondary N) is 1. The monoisotopic (exact) mass is 249 g/mol. The minimum atomic E-state index is -0.684. The number of hydrogen-bond donors (Lipinski definition) is 2. The molecule has 0 saturated heterocycles. The number of rotatable bonds is 3. The van der Waals surface area contributed by atoms with Crippen molar-refractivity contribution in [1.29, 1.82) is 0 Å². The fourth-order valence-electron chi connectivity index (χ4n) is 1.56. The van der Waals surface area contributed by atoms with E-state index in [0.29, 0.717) is 0 Å². The fourth-order valence-corrected chi connectivity index (χ4v) is 1.56. The predicted molar refractivity (Wildman–Crippen MR) is 72.0 cm³/mol. The van der Waals surface area contributed by atoms with E-state index in [1.54, 1.807) is 13.3 Å². The minimum Gasteiger partial charge on any atom is -0.496 e. The number of amides is 2. The highest BCUT2D eigenvalue weighted by Crippen LogP contribution is 2.31. The van der Waals surface area contributed by atoms with E-state index in [1.165, 1.54) is 0 Å². The van der Waals surface area contributed by atoms with Crippen molar-refractivity contribution in [3.63, 3.8) is 0 Å². The number of benzene rings is 1. The quantitative estimate of drug-likeness (QED) is 0.635. The van der Waals surface area contributed by atoms with Crippen LogP contribution in [-0.4, -0.2) is 19.4 Å². The van der Waals surface area contributed by atoms with E-state index in [0.717, 1.165) is 16.9 Å². The van der Waals surface area contributed by atoms with Gasteiger partial charge in [-0.05, 0) is 29.2 Å². The van der Waals surface area contributed by atoms with Crippen LogP contribution in [0.1, 0.15) is 31.9 Å². The number of nitrogens with zero attached hydrogens (tertiary/aromatic N) is 1. The van der Waals surface area contributed by atoms with Gasteiger partial charge >= 0.3 is 6.03 Å². The van der Waals surface area contributed by atoms with Gasteiger partial charge < -0.3 is 10.5 Å². The van der Waals surface area contributed by atoms with Crippen molar-refractivity contribution < 1.29 is 9.53 Å². The maximum absolute atomic E-state index is 10.5. The molecular weight excluding hydrogens is 230 g/mol. The third kappa shape index (κ3) is 3.76. The molecular formula is C13H19N3O2. The van der Waals surface area contributed by atoms with Gasteiger partial charge in [-0.25, -0.2) is 10.2 Å². The molecule has 0 aromatic heterocycles. The van der Waals surface area contributed by atoms with Gasteiger partial charge in [0, 0.05) is 5.56 Å². The number of primary amides is 1. The molecule has 1 aromatic rings. The van der Waals surface area contributed by atoms with E-state index in [2.05, 4.69) is 31.3 Å². The van der Waals surface area contributed by atoms with Gasteiger partial charge in [0.05, 0.1) is 13.3 Å². The summed E-state index contributed by atoms with van der Waals surface area (Å²) in [5.74, 6) is 0.836. The molecule has 0 aliphatic carbocycles. The zero-order valence-corrected chi connectivity index (χ0v) is 11.2. The number of urea groups is 1. The van der Waals surface area contributed by atoms with Crippen LogP contribution in [0.4, 0.5) is 4.79 Å². The number of carbonyl (C=O) groups excluding carboxylic acids is 1. The van der Waals surface area contributed by atoms with Gasteiger partial charge in [0.1, 0.15) is 5.75 Å². The van der Waals surface area contributed by atoms with Crippen LogP contribution in [0.5, 0.6) is 5.75 Å². The van der Waals surface area contributed by atoms with E-state index >= 15 is 0 Å². The highest BCUT2D eigenvalue weighted by molar-refractivity contribution is 5.82. The lowest BCUT2D eigenvalue weighted by atomic mass is 9.85. The normalized spacial score (nSPS) is 11.6. The molecule has 0 atom stereocenters. The maximum Gasteiger partial charge on any atom is 0.332 e. The number of hydrazone groups is 1. The Morgan fingerprint density at radius 1 is 1.44 bits per heavy atom. The third-order valence-electron chi connectivity index (χ3n) is 2.42. The Morgan fingerprint density at radius 2 is 2.11 bits per heavy atom.